The van der Waals surface area contributed by atoms with E-state index >= 15 is 0 Å². The number of carbonyl (C=O) groups excluding carboxylic acids is 2. The van der Waals surface area contributed by atoms with E-state index in [9.17, 15) is 14.0 Å². The molecule has 0 aliphatic heterocycles. The van der Waals surface area contributed by atoms with Crippen molar-refractivity contribution in [2.45, 2.75) is 45.6 Å². The lowest BCUT2D eigenvalue weighted by atomic mass is 9.87. The molecule has 1 aromatic heterocycles. The Labute approximate surface area is 156 Å². The fraction of sp³-hybridized carbons (Fsp3) is 0.400. The number of nitrogens with one attached hydrogen (secondary N) is 1. The van der Waals surface area contributed by atoms with Gasteiger partial charge in [0.25, 0.3) is 5.91 Å². The van der Waals surface area contributed by atoms with Crippen molar-refractivity contribution in [2.75, 3.05) is 5.32 Å². The third kappa shape index (κ3) is 4.30. The average Bonchev–Trinajstić information content (AvgIpc) is 3.06. The fourth-order valence-electron chi connectivity index (χ4n) is 3.10. The van der Waals surface area contributed by atoms with E-state index in [-0.39, 0.29) is 5.82 Å². The number of hydrogen-bond donors (Lipinski definition) is 1. The highest BCUT2D eigenvalue weighted by Gasteiger charge is 2.25. The lowest BCUT2D eigenvalue weighted by Crippen LogP contribution is -2.29. The van der Waals surface area contributed by atoms with Gasteiger partial charge in [-0.05, 0) is 68.0 Å². The van der Waals surface area contributed by atoms with Crippen molar-refractivity contribution >= 4 is 28.9 Å². The zero-order valence-electron chi connectivity index (χ0n) is 14.9. The molecule has 0 unspecified atom stereocenters. The summed E-state index contributed by atoms with van der Waals surface area (Å²) in [6.07, 6.45) is 3.39. The van der Waals surface area contributed by atoms with Gasteiger partial charge in [0.05, 0.1) is 0 Å². The molecule has 3 rings (SSSR count). The maximum Gasteiger partial charge on any atom is 0.349 e. The van der Waals surface area contributed by atoms with Gasteiger partial charge >= 0.3 is 5.97 Å². The predicted octanol–water partition coefficient (Wildman–Crippen LogP) is 4.59. The van der Waals surface area contributed by atoms with Crippen molar-refractivity contribution in [3.05, 3.63) is 51.5 Å². The van der Waals surface area contributed by atoms with Crippen LogP contribution in [-0.4, -0.2) is 18.0 Å². The van der Waals surface area contributed by atoms with Gasteiger partial charge in [-0.1, -0.05) is 13.3 Å². The number of esters is 1. The van der Waals surface area contributed by atoms with Gasteiger partial charge in [-0.15, -0.1) is 11.3 Å². The summed E-state index contributed by atoms with van der Waals surface area (Å²) in [4.78, 5) is 26.3. The Morgan fingerprint density at radius 2 is 2.08 bits per heavy atom. The fourth-order valence-corrected chi connectivity index (χ4v) is 4.19. The lowest BCUT2D eigenvalue weighted by molar-refractivity contribution is -0.123. The van der Waals surface area contributed by atoms with E-state index < -0.39 is 18.0 Å². The molecule has 1 aromatic carbocycles. The normalized spacial score (nSPS) is 17.3. The molecule has 0 fully saturated rings. The summed E-state index contributed by atoms with van der Waals surface area (Å²) in [5.74, 6) is -0.618. The van der Waals surface area contributed by atoms with E-state index in [1.807, 2.05) is 6.07 Å². The number of carbonyl (C=O) groups is 2. The second kappa shape index (κ2) is 7.99. The van der Waals surface area contributed by atoms with Crippen LogP contribution in [0.2, 0.25) is 0 Å². The topological polar surface area (TPSA) is 55.4 Å². The first-order valence-corrected chi connectivity index (χ1v) is 9.67. The van der Waals surface area contributed by atoms with Gasteiger partial charge < -0.3 is 10.1 Å². The maximum absolute atomic E-state index is 12.9. The Balaban J connectivity index is 1.59. The molecule has 2 atom stereocenters. The number of rotatable bonds is 5. The Kier molecular flexibility index (Phi) is 5.71. The van der Waals surface area contributed by atoms with Crippen LogP contribution in [0.15, 0.2) is 30.3 Å². The minimum Gasteiger partial charge on any atom is -0.448 e. The van der Waals surface area contributed by atoms with E-state index in [2.05, 4.69) is 12.2 Å². The first-order valence-electron chi connectivity index (χ1n) is 8.85. The predicted molar refractivity (Wildman–Crippen MR) is 100 cm³/mol. The van der Waals surface area contributed by atoms with Crippen molar-refractivity contribution in [3.63, 3.8) is 0 Å². The standard InChI is InChI=1S/C20H22FNO3S/c1-3-13-4-9-17-14(10-13)11-18(26-17)20(24)25-12(2)19(23)22-16-7-5-15(21)6-8-16/h5-8,11-13H,3-4,9-10H2,1-2H3,(H,22,23)/t12-,13+/m0/s1. The third-order valence-electron chi connectivity index (χ3n) is 4.73. The Morgan fingerprint density at radius 3 is 2.77 bits per heavy atom. The number of thiophene rings is 1. The van der Waals surface area contributed by atoms with Crippen molar-refractivity contribution in [2.24, 2.45) is 5.92 Å². The summed E-state index contributed by atoms with van der Waals surface area (Å²) in [6, 6.07) is 7.34. The Hall–Kier alpha value is -2.21. The van der Waals surface area contributed by atoms with Gasteiger partial charge in [-0.2, -0.15) is 0 Å². The number of amides is 1. The largest absolute Gasteiger partial charge is 0.448 e. The monoisotopic (exact) mass is 375 g/mol. The molecule has 6 heteroatoms. The molecular weight excluding hydrogens is 353 g/mol. The quantitative estimate of drug-likeness (QED) is 0.778. The number of halogens is 1. The summed E-state index contributed by atoms with van der Waals surface area (Å²) in [6.45, 7) is 3.72. The molecule has 1 N–H and O–H groups in total. The molecule has 1 amide bonds. The van der Waals surface area contributed by atoms with Gasteiger partial charge in [0.15, 0.2) is 6.10 Å². The first-order chi connectivity index (χ1) is 12.5. The summed E-state index contributed by atoms with van der Waals surface area (Å²) < 4.78 is 18.2. The average molecular weight is 375 g/mol. The van der Waals surface area contributed by atoms with E-state index in [1.165, 1.54) is 53.0 Å². The third-order valence-corrected chi connectivity index (χ3v) is 5.95. The highest BCUT2D eigenvalue weighted by molar-refractivity contribution is 7.14. The molecule has 0 spiro atoms. The van der Waals surface area contributed by atoms with Gasteiger partial charge in [0.2, 0.25) is 0 Å². The Morgan fingerprint density at radius 1 is 1.35 bits per heavy atom. The highest BCUT2D eigenvalue weighted by atomic mass is 32.1. The van der Waals surface area contributed by atoms with Crippen LogP contribution < -0.4 is 5.32 Å². The second-order valence-corrected chi connectivity index (χ2v) is 7.76. The minimum absolute atomic E-state index is 0.380. The summed E-state index contributed by atoms with van der Waals surface area (Å²) in [5, 5.41) is 2.61. The van der Waals surface area contributed by atoms with E-state index in [4.69, 9.17) is 4.74 Å². The molecule has 0 saturated carbocycles. The summed E-state index contributed by atoms with van der Waals surface area (Å²) >= 11 is 1.47. The van der Waals surface area contributed by atoms with Gasteiger partial charge in [-0.25, -0.2) is 9.18 Å². The molecule has 0 bridgehead atoms. The molecule has 4 nitrogen and oxygen atoms in total. The maximum atomic E-state index is 12.9. The van der Waals surface area contributed by atoms with Crippen LogP contribution in [0.25, 0.3) is 0 Å². The van der Waals surface area contributed by atoms with Crippen molar-refractivity contribution < 1.29 is 18.7 Å². The molecule has 2 aromatic rings. The summed E-state index contributed by atoms with van der Waals surface area (Å²) in [5.41, 5.74) is 1.69. The van der Waals surface area contributed by atoms with Crippen molar-refractivity contribution in [1.82, 2.24) is 0 Å². The van der Waals surface area contributed by atoms with Crippen LogP contribution in [0.3, 0.4) is 0 Å². The second-order valence-electron chi connectivity index (χ2n) is 6.62. The van der Waals surface area contributed by atoms with Gasteiger partial charge in [-0.3, -0.25) is 4.79 Å². The molecule has 26 heavy (non-hydrogen) atoms. The number of hydrogen-bond acceptors (Lipinski definition) is 4. The zero-order valence-corrected chi connectivity index (χ0v) is 15.7. The van der Waals surface area contributed by atoms with Crippen LogP contribution in [0.1, 0.15) is 46.8 Å². The molecule has 138 valence electrons. The molecule has 1 heterocycles. The smallest absolute Gasteiger partial charge is 0.349 e. The van der Waals surface area contributed by atoms with E-state index in [0.717, 1.165) is 25.7 Å². The minimum atomic E-state index is -0.935. The van der Waals surface area contributed by atoms with E-state index in [0.29, 0.717) is 16.5 Å². The molecule has 0 radical (unpaired) electrons. The molecule has 1 aliphatic rings. The van der Waals surface area contributed by atoms with Crippen LogP contribution >= 0.6 is 11.3 Å². The highest BCUT2D eigenvalue weighted by Crippen LogP contribution is 2.33. The number of anilines is 1. The number of fused-ring (bicyclic) bond motifs is 1. The zero-order chi connectivity index (χ0) is 18.7. The number of benzene rings is 1. The lowest BCUT2D eigenvalue weighted by Gasteiger charge is -2.19. The molecule has 0 saturated heterocycles. The summed E-state index contributed by atoms with van der Waals surface area (Å²) in [7, 11) is 0. The number of aryl methyl sites for hydroxylation is 1. The van der Waals surface area contributed by atoms with Crippen LogP contribution in [0.4, 0.5) is 10.1 Å². The number of ether oxygens (including phenoxy) is 1. The van der Waals surface area contributed by atoms with Gasteiger partial charge in [0.1, 0.15) is 10.7 Å². The van der Waals surface area contributed by atoms with Crippen LogP contribution in [-0.2, 0) is 22.4 Å². The Bertz CT molecular complexity index is 800. The molecule has 1 aliphatic carbocycles. The van der Waals surface area contributed by atoms with Crippen molar-refractivity contribution in [3.8, 4) is 0 Å². The van der Waals surface area contributed by atoms with Crippen molar-refractivity contribution in [1.29, 1.82) is 0 Å². The van der Waals surface area contributed by atoms with E-state index in [1.54, 1.807) is 0 Å². The SMILES string of the molecule is CC[C@@H]1CCc2sc(C(=O)O[C@@H](C)C(=O)Nc3ccc(F)cc3)cc2C1. The molecular formula is C20H22FNO3S. The van der Waals surface area contributed by atoms with Crippen LogP contribution in [0.5, 0.6) is 0 Å². The van der Waals surface area contributed by atoms with Crippen LogP contribution in [0, 0.1) is 11.7 Å². The van der Waals surface area contributed by atoms with Gasteiger partial charge in [0, 0.05) is 10.6 Å². The first kappa shape index (κ1) is 18.6.